The minimum absolute atomic E-state index is 0.219. The van der Waals surface area contributed by atoms with Crippen LogP contribution in [-0.4, -0.2) is 34.7 Å². The molecule has 0 bridgehead atoms. The molecule has 0 aliphatic carbocycles. The molecular weight excluding hydrogens is 350 g/mol. The summed E-state index contributed by atoms with van der Waals surface area (Å²) in [6.45, 7) is 0.308. The van der Waals surface area contributed by atoms with Gasteiger partial charge in [0.25, 0.3) is 0 Å². The number of nitrogens with zero attached hydrogens (tertiary/aromatic N) is 1. The number of anilines is 2. The molecule has 138 valence electrons. The van der Waals surface area contributed by atoms with Crippen LogP contribution in [0.3, 0.4) is 0 Å². The molecule has 2 aromatic carbocycles. The van der Waals surface area contributed by atoms with Gasteiger partial charge in [-0.15, -0.1) is 0 Å². The number of carbonyl (C=O) groups is 1. The third-order valence-corrected chi connectivity index (χ3v) is 4.14. The Labute approximate surface area is 154 Å². The number of sulfonamides is 1. The van der Waals surface area contributed by atoms with E-state index in [1.54, 1.807) is 24.3 Å². The van der Waals surface area contributed by atoms with Gasteiger partial charge in [-0.2, -0.15) is 0 Å². The third-order valence-electron chi connectivity index (χ3n) is 3.53. The van der Waals surface area contributed by atoms with Crippen molar-refractivity contribution in [3.8, 4) is 0 Å². The first-order valence-corrected chi connectivity index (χ1v) is 9.92. The Morgan fingerprint density at radius 1 is 1.12 bits per heavy atom. The van der Waals surface area contributed by atoms with E-state index >= 15 is 0 Å². The lowest BCUT2D eigenvalue weighted by Crippen LogP contribution is -2.20. The molecule has 6 nitrogen and oxygen atoms in total. The van der Waals surface area contributed by atoms with E-state index < -0.39 is 10.0 Å². The quantitative estimate of drug-likeness (QED) is 0.731. The molecule has 0 saturated heterocycles. The summed E-state index contributed by atoms with van der Waals surface area (Å²) in [5.41, 5.74) is 3.30. The number of nitrogens with one attached hydrogen (secondary N) is 2. The second-order valence-electron chi connectivity index (χ2n) is 6.11. The summed E-state index contributed by atoms with van der Waals surface area (Å²) in [6.07, 6.45) is 4.32. The fraction of sp³-hybridized carbons (Fsp3) is 0.211. The van der Waals surface area contributed by atoms with Crippen molar-refractivity contribution in [3.63, 3.8) is 0 Å². The largest absolute Gasteiger partial charge is 0.378 e. The van der Waals surface area contributed by atoms with E-state index in [4.69, 9.17) is 0 Å². The Balaban J connectivity index is 1.91. The third kappa shape index (κ3) is 6.60. The lowest BCUT2D eigenvalue weighted by Gasteiger charge is -2.11. The zero-order chi connectivity index (χ0) is 19.2. The predicted molar refractivity (Wildman–Crippen MR) is 107 cm³/mol. The van der Waals surface area contributed by atoms with Crippen molar-refractivity contribution in [1.29, 1.82) is 0 Å². The van der Waals surface area contributed by atoms with Gasteiger partial charge in [0, 0.05) is 38.1 Å². The van der Waals surface area contributed by atoms with Crippen molar-refractivity contribution in [3.05, 3.63) is 65.7 Å². The molecule has 2 aromatic rings. The topological polar surface area (TPSA) is 78.5 Å². The Kier molecular flexibility index (Phi) is 6.41. The lowest BCUT2D eigenvalue weighted by atomic mass is 10.2. The zero-order valence-corrected chi connectivity index (χ0v) is 15.9. The Bertz CT molecular complexity index is 889. The minimum atomic E-state index is -3.32. The van der Waals surface area contributed by atoms with Gasteiger partial charge in [0.15, 0.2) is 0 Å². The van der Waals surface area contributed by atoms with Gasteiger partial charge in [-0.25, -0.2) is 8.42 Å². The maximum Gasteiger partial charge on any atom is 0.244 e. The molecule has 0 aromatic heterocycles. The van der Waals surface area contributed by atoms with E-state index in [0.29, 0.717) is 12.2 Å². The molecule has 0 spiro atoms. The number of amides is 1. The molecule has 0 aliphatic rings. The summed E-state index contributed by atoms with van der Waals surface area (Å²) in [5.74, 6) is -0.219. The monoisotopic (exact) mass is 373 g/mol. The molecule has 26 heavy (non-hydrogen) atoms. The summed E-state index contributed by atoms with van der Waals surface area (Å²) in [5, 5.41) is 2.78. The molecule has 0 unspecified atom stereocenters. The Hall–Kier alpha value is -2.80. The average molecular weight is 373 g/mol. The SMILES string of the molecule is CN(C)c1ccc(/C=C/C(=O)NCc2cccc(NS(C)(=O)=O)c2)cc1. The van der Waals surface area contributed by atoms with Gasteiger partial charge in [0.1, 0.15) is 0 Å². The summed E-state index contributed by atoms with van der Waals surface area (Å²) in [7, 11) is 0.617. The molecule has 2 N–H and O–H groups in total. The molecule has 0 fully saturated rings. The highest BCUT2D eigenvalue weighted by atomic mass is 32.2. The summed E-state index contributed by atoms with van der Waals surface area (Å²) < 4.78 is 24.9. The van der Waals surface area contributed by atoms with E-state index in [9.17, 15) is 13.2 Å². The summed E-state index contributed by atoms with van der Waals surface area (Å²) in [6, 6.07) is 14.7. The lowest BCUT2D eigenvalue weighted by molar-refractivity contribution is -0.116. The minimum Gasteiger partial charge on any atom is -0.378 e. The van der Waals surface area contributed by atoms with Crippen molar-refractivity contribution in [2.45, 2.75) is 6.54 Å². The van der Waals surface area contributed by atoms with Gasteiger partial charge in [0.2, 0.25) is 15.9 Å². The first kappa shape index (κ1) is 19.5. The van der Waals surface area contributed by atoms with Crippen LogP contribution in [0.1, 0.15) is 11.1 Å². The van der Waals surface area contributed by atoms with E-state index in [2.05, 4.69) is 10.0 Å². The highest BCUT2D eigenvalue weighted by Crippen LogP contribution is 2.13. The molecule has 7 heteroatoms. The van der Waals surface area contributed by atoms with Crippen molar-refractivity contribution < 1.29 is 13.2 Å². The number of hydrogen-bond acceptors (Lipinski definition) is 4. The maximum atomic E-state index is 12.0. The van der Waals surface area contributed by atoms with Crippen molar-refractivity contribution in [2.24, 2.45) is 0 Å². The summed E-state index contributed by atoms with van der Waals surface area (Å²) >= 11 is 0. The Morgan fingerprint density at radius 3 is 2.42 bits per heavy atom. The Morgan fingerprint density at radius 2 is 1.81 bits per heavy atom. The maximum absolute atomic E-state index is 12.0. The number of hydrogen-bond donors (Lipinski definition) is 2. The molecule has 0 heterocycles. The van der Waals surface area contributed by atoms with Crippen LogP contribution in [0.2, 0.25) is 0 Å². The van der Waals surface area contributed by atoms with Crippen LogP contribution < -0.4 is 14.9 Å². The van der Waals surface area contributed by atoms with Crippen LogP contribution in [0.25, 0.3) is 6.08 Å². The normalized spacial score (nSPS) is 11.3. The van der Waals surface area contributed by atoms with Crippen molar-refractivity contribution in [2.75, 3.05) is 30.0 Å². The first-order chi connectivity index (χ1) is 12.2. The number of benzene rings is 2. The average Bonchev–Trinajstić information content (AvgIpc) is 2.57. The second kappa shape index (κ2) is 8.53. The number of carbonyl (C=O) groups excluding carboxylic acids is 1. The van der Waals surface area contributed by atoms with Crippen LogP contribution in [0.15, 0.2) is 54.6 Å². The van der Waals surface area contributed by atoms with Crippen molar-refractivity contribution in [1.82, 2.24) is 5.32 Å². The smallest absolute Gasteiger partial charge is 0.244 e. The molecule has 0 atom stereocenters. The van der Waals surface area contributed by atoms with Gasteiger partial charge in [-0.05, 0) is 41.5 Å². The van der Waals surface area contributed by atoms with E-state index in [1.165, 1.54) is 6.08 Å². The summed E-state index contributed by atoms with van der Waals surface area (Å²) in [4.78, 5) is 14.0. The highest BCUT2D eigenvalue weighted by Gasteiger charge is 2.03. The van der Waals surface area contributed by atoms with Crippen LogP contribution >= 0.6 is 0 Å². The molecule has 0 saturated carbocycles. The van der Waals surface area contributed by atoms with E-state index in [-0.39, 0.29) is 5.91 Å². The van der Waals surface area contributed by atoms with Gasteiger partial charge in [-0.1, -0.05) is 24.3 Å². The molecule has 0 aliphatic heterocycles. The van der Waals surface area contributed by atoms with Crippen LogP contribution in [0, 0.1) is 0 Å². The molecule has 2 rings (SSSR count). The standard InChI is InChI=1S/C19H23N3O3S/c1-22(2)18-10-7-15(8-11-18)9-12-19(23)20-14-16-5-4-6-17(13-16)21-26(3,24)25/h4-13,21H,14H2,1-3H3,(H,20,23)/b12-9+. The van der Waals surface area contributed by atoms with E-state index in [1.807, 2.05) is 49.3 Å². The van der Waals surface area contributed by atoms with Gasteiger partial charge >= 0.3 is 0 Å². The highest BCUT2D eigenvalue weighted by molar-refractivity contribution is 7.92. The number of rotatable bonds is 7. The predicted octanol–water partition coefficient (Wildman–Crippen LogP) is 2.45. The zero-order valence-electron chi connectivity index (χ0n) is 15.1. The molecular formula is C19H23N3O3S. The van der Waals surface area contributed by atoms with Crippen molar-refractivity contribution >= 4 is 33.4 Å². The fourth-order valence-corrected chi connectivity index (χ4v) is 2.82. The van der Waals surface area contributed by atoms with Gasteiger partial charge in [0.05, 0.1) is 6.26 Å². The molecule has 1 amide bonds. The second-order valence-corrected chi connectivity index (χ2v) is 7.86. The van der Waals surface area contributed by atoms with E-state index in [0.717, 1.165) is 23.1 Å². The van der Waals surface area contributed by atoms with Gasteiger partial charge in [-0.3, -0.25) is 9.52 Å². The fourth-order valence-electron chi connectivity index (χ4n) is 2.26. The van der Waals surface area contributed by atoms with Crippen LogP contribution in [0.4, 0.5) is 11.4 Å². The van der Waals surface area contributed by atoms with Crippen LogP contribution in [0.5, 0.6) is 0 Å². The van der Waals surface area contributed by atoms with Crippen LogP contribution in [-0.2, 0) is 21.4 Å². The van der Waals surface area contributed by atoms with Gasteiger partial charge < -0.3 is 10.2 Å². The first-order valence-electron chi connectivity index (χ1n) is 8.03. The molecule has 0 radical (unpaired) electrons.